The summed E-state index contributed by atoms with van der Waals surface area (Å²) in [6.07, 6.45) is -5.48. The van der Waals surface area contributed by atoms with E-state index in [-0.39, 0.29) is 17.1 Å². The molecule has 0 aliphatic carbocycles. The third-order valence-corrected chi connectivity index (χ3v) is 4.13. The summed E-state index contributed by atoms with van der Waals surface area (Å²) in [5.74, 6) is -9.89. The molecular weight excluding hydrogens is 309 g/mol. The van der Waals surface area contributed by atoms with Crippen LogP contribution in [0.5, 0.6) is 0 Å². The van der Waals surface area contributed by atoms with Gasteiger partial charge in [0.25, 0.3) is 0 Å². The molecule has 1 heterocycles. The first-order valence-corrected chi connectivity index (χ1v) is 6.70. The molecule has 1 aliphatic heterocycles. The van der Waals surface area contributed by atoms with E-state index in [0.717, 1.165) is 11.8 Å². The molecule has 1 rings (SSSR count). The van der Waals surface area contributed by atoms with Gasteiger partial charge in [-0.3, -0.25) is 4.79 Å². The molecular formula is C10H12F5NO3S. The Morgan fingerprint density at radius 2 is 1.85 bits per heavy atom. The number of rotatable bonds is 4. The zero-order valence-corrected chi connectivity index (χ0v) is 11.1. The molecule has 1 aliphatic rings. The molecule has 10 heteroatoms. The molecule has 1 N–H and O–H groups in total. The van der Waals surface area contributed by atoms with E-state index in [1.165, 1.54) is 0 Å². The van der Waals surface area contributed by atoms with Gasteiger partial charge >= 0.3 is 24.0 Å². The van der Waals surface area contributed by atoms with Gasteiger partial charge in [0.2, 0.25) is 0 Å². The van der Waals surface area contributed by atoms with Crippen LogP contribution in [0.3, 0.4) is 0 Å². The fourth-order valence-electron chi connectivity index (χ4n) is 1.78. The Kier molecular flexibility index (Phi) is 4.88. The number of carboxylic acid groups (broad SMARTS) is 1. The van der Waals surface area contributed by atoms with Gasteiger partial charge in [-0.15, -0.1) is 11.8 Å². The monoisotopic (exact) mass is 321 g/mol. The molecule has 1 amide bonds. The molecule has 116 valence electrons. The molecule has 0 saturated carbocycles. The predicted molar refractivity (Wildman–Crippen MR) is 60.4 cm³/mol. The number of halogens is 5. The summed E-state index contributed by atoms with van der Waals surface area (Å²) in [6, 6.07) is -1.67. The minimum Gasteiger partial charge on any atom is -0.480 e. The lowest BCUT2D eigenvalue weighted by molar-refractivity contribution is -0.275. The van der Waals surface area contributed by atoms with Crippen LogP contribution in [0, 0.1) is 0 Å². The van der Waals surface area contributed by atoms with Gasteiger partial charge in [-0.2, -0.15) is 22.0 Å². The highest BCUT2D eigenvalue weighted by Gasteiger charge is 2.66. The van der Waals surface area contributed by atoms with E-state index < -0.39 is 35.4 Å². The fourth-order valence-corrected chi connectivity index (χ4v) is 3.29. The Labute approximate surface area is 115 Å². The highest BCUT2D eigenvalue weighted by molar-refractivity contribution is 8.00. The summed E-state index contributed by atoms with van der Waals surface area (Å²) in [4.78, 5) is 22.6. The Morgan fingerprint density at radius 3 is 2.25 bits per heavy atom. The second kappa shape index (κ2) is 5.74. The van der Waals surface area contributed by atoms with Crippen LogP contribution in [0.1, 0.15) is 19.8 Å². The smallest absolute Gasteiger partial charge is 0.463 e. The van der Waals surface area contributed by atoms with Crippen molar-refractivity contribution in [3.63, 3.8) is 0 Å². The maximum atomic E-state index is 13.1. The van der Waals surface area contributed by atoms with Gasteiger partial charge in [0.1, 0.15) is 6.04 Å². The second-order valence-electron chi connectivity index (χ2n) is 4.22. The van der Waals surface area contributed by atoms with Gasteiger partial charge in [0, 0.05) is 5.75 Å². The SMILES string of the molecule is CCCC1SCC(C(=O)O)N1C(=O)C(F)(F)C(F)(F)F. The molecule has 0 bridgehead atoms. The number of aliphatic carboxylic acids is 1. The standard InChI is InChI=1S/C10H12F5NO3S/c1-2-3-6-16(5(4-20-6)7(17)18)8(19)9(11,12)10(13,14)15/h5-6H,2-4H2,1H3,(H,17,18). The molecule has 0 spiro atoms. The third kappa shape index (κ3) is 2.99. The van der Waals surface area contributed by atoms with Crippen LogP contribution in [0.15, 0.2) is 0 Å². The third-order valence-electron chi connectivity index (χ3n) is 2.77. The van der Waals surface area contributed by atoms with E-state index in [2.05, 4.69) is 0 Å². The van der Waals surface area contributed by atoms with E-state index in [4.69, 9.17) is 5.11 Å². The number of amides is 1. The Hall–Kier alpha value is -1.06. The average molecular weight is 321 g/mol. The van der Waals surface area contributed by atoms with Crippen LogP contribution < -0.4 is 0 Å². The van der Waals surface area contributed by atoms with Crippen molar-refractivity contribution in [2.75, 3.05) is 5.75 Å². The van der Waals surface area contributed by atoms with Crippen molar-refractivity contribution in [2.24, 2.45) is 0 Å². The van der Waals surface area contributed by atoms with Gasteiger partial charge in [0.15, 0.2) is 0 Å². The number of carboxylic acids is 1. The van der Waals surface area contributed by atoms with Gasteiger partial charge in [0.05, 0.1) is 5.37 Å². The van der Waals surface area contributed by atoms with Crippen LogP contribution in [0.25, 0.3) is 0 Å². The van der Waals surface area contributed by atoms with Crippen molar-refractivity contribution < 1.29 is 36.6 Å². The molecule has 0 aromatic carbocycles. The van der Waals surface area contributed by atoms with Crippen LogP contribution in [-0.2, 0) is 9.59 Å². The molecule has 0 aromatic rings. The normalized spacial score (nSPS) is 24.0. The van der Waals surface area contributed by atoms with Gasteiger partial charge in [-0.1, -0.05) is 13.3 Å². The topological polar surface area (TPSA) is 57.6 Å². The summed E-state index contributed by atoms with van der Waals surface area (Å²) in [5, 5.41) is 7.87. The number of carbonyl (C=O) groups excluding carboxylic acids is 1. The largest absolute Gasteiger partial charge is 0.480 e. The predicted octanol–water partition coefficient (Wildman–Crippen LogP) is 2.34. The van der Waals surface area contributed by atoms with Crippen LogP contribution in [-0.4, -0.2) is 51.2 Å². The zero-order chi connectivity index (χ0) is 15.7. The van der Waals surface area contributed by atoms with Crippen LogP contribution >= 0.6 is 11.8 Å². The number of nitrogens with zero attached hydrogens (tertiary/aromatic N) is 1. The maximum Gasteiger partial charge on any atom is 0.463 e. The lowest BCUT2D eigenvalue weighted by Gasteiger charge is -2.31. The summed E-state index contributed by atoms with van der Waals surface area (Å²) in [6.45, 7) is 1.65. The van der Waals surface area contributed by atoms with Crippen molar-refractivity contribution in [3.8, 4) is 0 Å². The average Bonchev–Trinajstić information content (AvgIpc) is 2.70. The number of hydrogen-bond donors (Lipinski definition) is 1. The van der Waals surface area contributed by atoms with Crippen molar-refractivity contribution in [1.29, 1.82) is 0 Å². The lowest BCUT2D eigenvalue weighted by Crippen LogP contribution is -2.57. The van der Waals surface area contributed by atoms with Crippen molar-refractivity contribution in [1.82, 2.24) is 4.90 Å². The van der Waals surface area contributed by atoms with E-state index in [0.29, 0.717) is 6.42 Å². The van der Waals surface area contributed by atoms with E-state index in [9.17, 15) is 31.5 Å². The Balaban J connectivity index is 3.09. The molecule has 1 saturated heterocycles. The molecule has 0 radical (unpaired) electrons. The highest BCUT2D eigenvalue weighted by atomic mass is 32.2. The zero-order valence-electron chi connectivity index (χ0n) is 10.3. The minimum atomic E-state index is -6.04. The number of alkyl halides is 5. The second-order valence-corrected chi connectivity index (χ2v) is 5.43. The quantitative estimate of drug-likeness (QED) is 0.808. The molecule has 4 nitrogen and oxygen atoms in total. The van der Waals surface area contributed by atoms with Crippen molar-refractivity contribution in [2.45, 2.75) is 43.3 Å². The Bertz CT molecular complexity index is 401. The van der Waals surface area contributed by atoms with Gasteiger partial charge in [-0.25, -0.2) is 4.79 Å². The summed E-state index contributed by atoms with van der Waals surface area (Å²) in [7, 11) is 0. The first-order valence-electron chi connectivity index (χ1n) is 5.65. The summed E-state index contributed by atoms with van der Waals surface area (Å²) in [5.41, 5.74) is 0. The summed E-state index contributed by atoms with van der Waals surface area (Å²) < 4.78 is 62.9. The maximum absolute atomic E-state index is 13.1. The van der Waals surface area contributed by atoms with Crippen LogP contribution in [0.2, 0.25) is 0 Å². The number of carbonyl (C=O) groups is 2. The minimum absolute atomic E-state index is 0.147. The van der Waals surface area contributed by atoms with Crippen LogP contribution in [0.4, 0.5) is 22.0 Å². The first kappa shape index (κ1) is 17.0. The van der Waals surface area contributed by atoms with Gasteiger partial charge < -0.3 is 10.0 Å². The van der Waals surface area contributed by atoms with E-state index in [1.807, 2.05) is 0 Å². The Morgan fingerprint density at radius 1 is 1.30 bits per heavy atom. The number of thioether (sulfide) groups is 1. The molecule has 0 aromatic heterocycles. The molecule has 2 atom stereocenters. The molecule has 1 fully saturated rings. The van der Waals surface area contributed by atoms with E-state index >= 15 is 0 Å². The first-order chi connectivity index (χ1) is 9.04. The fraction of sp³-hybridized carbons (Fsp3) is 0.800. The van der Waals surface area contributed by atoms with Crippen molar-refractivity contribution >= 4 is 23.6 Å². The molecule has 20 heavy (non-hydrogen) atoms. The highest BCUT2D eigenvalue weighted by Crippen LogP contribution is 2.41. The lowest BCUT2D eigenvalue weighted by atomic mass is 10.2. The van der Waals surface area contributed by atoms with E-state index in [1.54, 1.807) is 6.92 Å². The molecule has 2 unspecified atom stereocenters. The van der Waals surface area contributed by atoms with Crippen molar-refractivity contribution in [3.05, 3.63) is 0 Å². The van der Waals surface area contributed by atoms with Gasteiger partial charge in [-0.05, 0) is 6.42 Å². The summed E-state index contributed by atoms with van der Waals surface area (Å²) >= 11 is 0.890. The number of hydrogen-bond acceptors (Lipinski definition) is 3.